The summed E-state index contributed by atoms with van der Waals surface area (Å²) in [6.45, 7) is 11.5. The van der Waals surface area contributed by atoms with Gasteiger partial charge >= 0.3 is 0 Å². The van der Waals surface area contributed by atoms with Crippen molar-refractivity contribution in [3.8, 4) is 0 Å². The Morgan fingerprint density at radius 1 is 1.35 bits per heavy atom. The third kappa shape index (κ3) is 6.25. The van der Waals surface area contributed by atoms with Crippen LogP contribution in [0.5, 0.6) is 0 Å². The average molecular weight is 603 g/mol. The number of carbonyl (C=O) groups is 1. The SMILES string of the molecule is [CH2-]C(=O)[C@H](CC)n1cc(C(C)(C)C)nc(CCc2cnoc2)c1=O.[W].[Y]. The van der Waals surface area contributed by atoms with Crippen molar-refractivity contribution in [2.24, 2.45) is 0 Å². The monoisotopic (exact) mass is 603 g/mol. The van der Waals surface area contributed by atoms with E-state index in [1.807, 2.05) is 27.7 Å². The predicted molar refractivity (Wildman–Crippen MR) is 90.8 cm³/mol. The third-order valence-corrected chi connectivity index (χ3v) is 3.99. The molecule has 0 fully saturated rings. The van der Waals surface area contributed by atoms with Gasteiger partial charge in [0.2, 0.25) is 0 Å². The summed E-state index contributed by atoms with van der Waals surface area (Å²) in [4.78, 5) is 29.2. The third-order valence-electron chi connectivity index (χ3n) is 3.99. The van der Waals surface area contributed by atoms with Crippen LogP contribution in [-0.4, -0.2) is 20.5 Å². The van der Waals surface area contributed by atoms with Gasteiger partial charge in [-0.15, -0.1) is 0 Å². The molecule has 2 aromatic rings. The van der Waals surface area contributed by atoms with Crippen LogP contribution in [0.15, 0.2) is 28.0 Å². The fraction of sp³-hybridized carbons (Fsp3) is 0.500. The Morgan fingerprint density at radius 2 is 2.00 bits per heavy atom. The standard InChI is InChI=1S/C18H24N3O3.W.Y/c1-6-15(12(2)22)21-10-16(18(3,4)5)20-14(17(21)23)8-7-13-9-19-24-11-13;;/h9-11,15H,2,6-8H2,1,3-5H3;;/q-1;;/t15-;;/m0../s1. The van der Waals surface area contributed by atoms with Gasteiger partial charge < -0.3 is 20.8 Å². The van der Waals surface area contributed by atoms with E-state index in [0.29, 0.717) is 25.0 Å². The van der Waals surface area contributed by atoms with Crippen LogP contribution in [0.3, 0.4) is 0 Å². The molecule has 0 bridgehead atoms. The maximum atomic E-state index is 12.8. The molecule has 6 nitrogen and oxygen atoms in total. The smallest absolute Gasteiger partial charge is 0.272 e. The van der Waals surface area contributed by atoms with Gasteiger partial charge in [0.05, 0.1) is 17.9 Å². The van der Waals surface area contributed by atoms with Crippen molar-refractivity contribution in [3.63, 3.8) is 0 Å². The van der Waals surface area contributed by atoms with Gasteiger partial charge in [0.15, 0.2) is 0 Å². The molecule has 1 atom stereocenters. The molecule has 139 valence electrons. The maximum absolute atomic E-state index is 12.8. The topological polar surface area (TPSA) is 78.0 Å². The van der Waals surface area contributed by atoms with E-state index in [2.05, 4.69) is 17.1 Å². The molecule has 2 rings (SSSR count). The van der Waals surface area contributed by atoms with Crippen LogP contribution in [-0.2, 0) is 76.8 Å². The van der Waals surface area contributed by atoms with E-state index >= 15 is 0 Å². The Labute approximate surface area is 193 Å². The van der Waals surface area contributed by atoms with Crippen LogP contribution < -0.4 is 5.56 Å². The van der Waals surface area contributed by atoms with Crippen molar-refractivity contribution in [3.05, 3.63) is 52.9 Å². The zero-order chi connectivity index (χ0) is 17.9. The molecule has 0 unspecified atom stereocenters. The molecule has 1 radical (unpaired) electrons. The van der Waals surface area contributed by atoms with Gasteiger partial charge in [-0.05, 0) is 19.3 Å². The van der Waals surface area contributed by atoms with Crippen molar-refractivity contribution in [2.75, 3.05) is 0 Å². The molecule has 2 aromatic heterocycles. The largest absolute Gasteiger partial charge is 0.364 e. The average Bonchev–Trinajstić information content (AvgIpc) is 3.00. The first-order valence-corrected chi connectivity index (χ1v) is 8.10. The molecule has 0 spiro atoms. The van der Waals surface area contributed by atoms with Crippen LogP contribution >= 0.6 is 0 Å². The fourth-order valence-corrected chi connectivity index (χ4v) is 2.51. The number of Topliss-reactive ketones (excluding diaryl/α,β-unsaturated/α-hetero) is 1. The minimum absolute atomic E-state index is 0. The molecule has 2 heterocycles. The molecule has 26 heavy (non-hydrogen) atoms. The molecule has 8 heteroatoms. The van der Waals surface area contributed by atoms with Gasteiger partial charge in [-0.25, -0.2) is 0 Å². The number of aromatic nitrogens is 3. The summed E-state index contributed by atoms with van der Waals surface area (Å²) in [6.07, 6.45) is 6.46. The summed E-state index contributed by atoms with van der Waals surface area (Å²) < 4.78 is 6.31. The fourth-order valence-electron chi connectivity index (χ4n) is 2.51. The Kier molecular flexibility index (Phi) is 10.4. The molecule has 0 N–H and O–H groups in total. The second-order valence-corrected chi connectivity index (χ2v) is 6.96. The summed E-state index contributed by atoms with van der Waals surface area (Å²) in [5.74, 6) is -0.268. The van der Waals surface area contributed by atoms with Gasteiger partial charge in [-0.2, -0.15) is 0 Å². The van der Waals surface area contributed by atoms with Crippen molar-refractivity contribution in [1.29, 1.82) is 0 Å². The first-order chi connectivity index (χ1) is 11.2. The summed E-state index contributed by atoms with van der Waals surface area (Å²) in [7, 11) is 0. The molecule has 0 aliphatic heterocycles. The van der Waals surface area contributed by atoms with E-state index < -0.39 is 6.04 Å². The predicted octanol–water partition coefficient (Wildman–Crippen LogP) is 2.66. The second kappa shape index (κ2) is 10.7. The molecular formula is C18H24N3O3WY-. The Morgan fingerprint density at radius 3 is 2.46 bits per heavy atom. The zero-order valence-corrected chi connectivity index (χ0v) is 21.5. The molecule has 0 amide bonds. The molecule has 0 saturated heterocycles. The summed E-state index contributed by atoms with van der Waals surface area (Å²) in [6, 6.07) is -0.559. The van der Waals surface area contributed by atoms with Gasteiger partial charge in [0, 0.05) is 76.7 Å². The zero-order valence-electron chi connectivity index (χ0n) is 15.7. The van der Waals surface area contributed by atoms with E-state index in [1.54, 1.807) is 18.7 Å². The molecular weight excluding hydrogens is 579 g/mol. The number of carbonyl (C=O) groups excluding carboxylic acids is 1. The summed E-state index contributed by atoms with van der Waals surface area (Å²) >= 11 is 0. The Balaban J connectivity index is 0.00000312. The quantitative estimate of drug-likeness (QED) is 0.475. The van der Waals surface area contributed by atoms with Gasteiger partial charge in [0.1, 0.15) is 12.0 Å². The first kappa shape index (κ1) is 25.4. The maximum Gasteiger partial charge on any atom is 0.272 e. The number of nitrogens with zero attached hydrogens (tertiary/aromatic N) is 3. The minimum Gasteiger partial charge on any atom is -0.364 e. The van der Waals surface area contributed by atoms with Crippen LogP contribution in [0.2, 0.25) is 0 Å². The van der Waals surface area contributed by atoms with Crippen LogP contribution in [0, 0.1) is 6.92 Å². The number of hydrogen-bond donors (Lipinski definition) is 0. The second-order valence-electron chi connectivity index (χ2n) is 6.96. The van der Waals surface area contributed by atoms with Gasteiger partial charge in [0.25, 0.3) is 5.56 Å². The number of rotatable bonds is 6. The Hall–Kier alpha value is -0.578. The van der Waals surface area contributed by atoms with Crippen LogP contribution in [0.1, 0.15) is 57.1 Å². The van der Waals surface area contributed by atoms with Crippen molar-refractivity contribution < 1.29 is 63.1 Å². The van der Waals surface area contributed by atoms with Crippen molar-refractivity contribution >= 4 is 5.78 Å². The normalized spacial score (nSPS) is 12.0. The van der Waals surface area contributed by atoms with Gasteiger partial charge in [-0.3, -0.25) is 9.78 Å². The number of hydrogen-bond acceptors (Lipinski definition) is 5. The molecule has 0 aliphatic carbocycles. The number of ketones is 1. The Bertz CT molecular complexity index is 767. The van der Waals surface area contributed by atoms with Crippen molar-refractivity contribution in [1.82, 2.24) is 14.7 Å². The first-order valence-electron chi connectivity index (χ1n) is 8.10. The molecule has 0 aliphatic rings. The van der Waals surface area contributed by atoms with Crippen molar-refractivity contribution in [2.45, 2.75) is 58.4 Å². The van der Waals surface area contributed by atoms with E-state index in [1.165, 1.54) is 4.57 Å². The molecule has 0 saturated carbocycles. The number of aryl methyl sites for hydroxylation is 2. The summed E-state index contributed by atoms with van der Waals surface area (Å²) in [5.41, 5.74) is 1.67. The van der Waals surface area contributed by atoms with E-state index in [9.17, 15) is 9.59 Å². The minimum atomic E-state index is -0.559. The van der Waals surface area contributed by atoms with E-state index in [0.717, 1.165) is 11.3 Å². The molecule has 0 aromatic carbocycles. The van der Waals surface area contributed by atoms with E-state index in [4.69, 9.17) is 4.52 Å². The van der Waals surface area contributed by atoms with Gasteiger partial charge in [-0.1, -0.05) is 32.9 Å². The van der Waals surface area contributed by atoms with Crippen LogP contribution in [0.25, 0.3) is 0 Å². The van der Waals surface area contributed by atoms with E-state index in [-0.39, 0.29) is 70.5 Å². The summed E-state index contributed by atoms with van der Waals surface area (Å²) in [5, 5.41) is 3.66. The van der Waals surface area contributed by atoms with Crippen LogP contribution in [0.4, 0.5) is 0 Å².